The van der Waals surface area contributed by atoms with Crippen molar-refractivity contribution < 1.29 is 18.0 Å². The fraction of sp³-hybridized carbons (Fsp3) is 0.667. The quantitative estimate of drug-likeness (QED) is 0.592. The van der Waals surface area contributed by atoms with Gasteiger partial charge in [0.05, 0.1) is 12.1 Å². The van der Waals surface area contributed by atoms with Crippen molar-refractivity contribution in [1.29, 1.82) is 0 Å². The molecule has 2 heterocycles. The number of amides is 1. The average Bonchev–Trinajstić information content (AvgIpc) is 3.05. The van der Waals surface area contributed by atoms with Gasteiger partial charge < -0.3 is 16.0 Å². The van der Waals surface area contributed by atoms with Gasteiger partial charge in [-0.15, -0.1) is 11.3 Å². The van der Waals surface area contributed by atoms with Gasteiger partial charge >= 0.3 is 6.18 Å². The topological polar surface area (TPSA) is 86.8 Å². The maximum Gasteiger partial charge on any atom is 0.434 e. The van der Waals surface area contributed by atoms with E-state index in [9.17, 15) is 18.0 Å². The van der Waals surface area contributed by atoms with Crippen LogP contribution in [0.2, 0.25) is 0 Å². The van der Waals surface area contributed by atoms with Crippen LogP contribution in [0.15, 0.2) is 10.4 Å². The van der Waals surface area contributed by atoms with Crippen LogP contribution in [0.25, 0.3) is 0 Å². The molecular formula is C15H23F3N6OS. The largest absolute Gasteiger partial charge is 0.434 e. The summed E-state index contributed by atoms with van der Waals surface area (Å²) in [4.78, 5) is 23.3. The molecule has 0 aliphatic carbocycles. The van der Waals surface area contributed by atoms with Crippen LogP contribution in [0.3, 0.4) is 0 Å². The number of nitrogens with zero attached hydrogens (tertiary/aromatic N) is 4. The number of primary amides is 1. The molecule has 0 aromatic carbocycles. The number of guanidine groups is 1. The summed E-state index contributed by atoms with van der Waals surface area (Å²) in [6.45, 7) is 6.26. The van der Waals surface area contributed by atoms with Crippen molar-refractivity contribution in [3.8, 4) is 0 Å². The van der Waals surface area contributed by atoms with Crippen LogP contribution in [-0.4, -0.2) is 65.4 Å². The number of aliphatic imine (C=N–C) groups is 1. The van der Waals surface area contributed by atoms with E-state index in [1.165, 1.54) is 0 Å². The highest BCUT2D eigenvalue weighted by Gasteiger charge is 2.35. The Bertz CT molecular complexity index is 665. The second-order valence-electron chi connectivity index (χ2n) is 6.42. The van der Waals surface area contributed by atoms with Gasteiger partial charge in [-0.2, -0.15) is 13.2 Å². The van der Waals surface area contributed by atoms with Crippen molar-refractivity contribution in [2.24, 2.45) is 10.7 Å². The molecule has 2 rings (SSSR count). The highest BCUT2D eigenvalue weighted by Crippen LogP contribution is 2.29. The molecule has 1 aromatic heterocycles. The number of rotatable bonds is 4. The maximum atomic E-state index is 12.6. The normalized spacial score (nSPS) is 17.5. The van der Waals surface area contributed by atoms with Gasteiger partial charge in [-0.05, 0) is 13.8 Å². The van der Waals surface area contributed by atoms with E-state index >= 15 is 0 Å². The minimum atomic E-state index is -4.43. The molecule has 0 radical (unpaired) electrons. The minimum Gasteiger partial charge on any atom is -0.368 e. The fourth-order valence-corrected chi connectivity index (χ4v) is 3.38. The van der Waals surface area contributed by atoms with Crippen molar-refractivity contribution in [1.82, 2.24) is 20.1 Å². The van der Waals surface area contributed by atoms with E-state index in [2.05, 4.69) is 15.3 Å². The molecule has 146 valence electrons. The van der Waals surface area contributed by atoms with Crippen LogP contribution in [-0.2, 0) is 17.5 Å². The van der Waals surface area contributed by atoms with Crippen LogP contribution in [0, 0.1) is 0 Å². The summed E-state index contributed by atoms with van der Waals surface area (Å²) >= 11 is 0.956. The number of nitrogens with two attached hydrogens (primary N) is 1. The monoisotopic (exact) mass is 392 g/mol. The van der Waals surface area contributed by atoms with E-state index in [4.69, 9.17) is 5.73 Å². The van der Waals surface area contributed by atoms with Crippen LogP contribution < -0.4 is 11.1 Å². The van der Waals surface area contributed by atoms with Gasteiger partial charge in [0, 0.05) is 38.6 Å². The minimum absolute atomic E-state index is 0.167. The van der Waals surface area contributed by atoms with Crippen molar-refractivity contribution in [3.63, 3.8) is 0 Å². The molecule has 0 unspecified atom stereocenters. The number of thiazole rings is 1. The molecule has 7 nitrogen and oxygen atoms in total. The standard InChI is InChI=1S/C15H23F3N6OS/c1-14(2,12(19)25)24-6-4-23(5-7-24)13(20-3)21-8-11-22-10(9-26-11)15(16,17)18/h9H,4-8H2,1-3H3,(H2,19,25)(H,20,21). The van der Waals surface area contributed by atoms with Gasteiger partial charge in [0.1, 0.15) is 5.01 Å². The highest BCUT2D eigenvalue weighted by atomic mass is 32.1. The molecule has 1 aliphatic rings. The van der Waals surface area contributed by atoms with E-state index in [1.807, 2.05) is 9.80 Å². The third-order valence-corrected chi connectivity index (χ3v) is 5.27. The lowest BCUT2D eigenvalue weighted by Crippen LogP contribution is -2.61. The summed E-state index contributed by atoms with van der Waals surface area (Å²) in [6.07, 6.45) is -4.43. The van der Waals surface area contributed by atoms with Gasteiger partial charge in [0.2, 0.25) is 5.91 Å². The third-order valence-electron chi connectivity index (χ3n) is 4.42. The molecule has 1 saturated heterocycles. The molecule has 0 bridgehead atoms. The Morgan fingerprint density at radius 1 is 1.35 bits per heavy atom. The van der Waals surface area contributed by atoms with Crippen LogP contribution in [0.5, 0.6) is 0 Å². The molecule has 0 atom stereocenters. The highest BCUT2D eigenvalue weighted by molar-refractivity contribution is 7.09. The smallest absolute Gasteiger partial charge is 0.368 e. The number of nitrogens with one attached hydrogen (secondary N) is 1. The predicted octanol–water partition coefficient (Wildman–Crippen LogP) is 1.12. The number of carbonyl (C=O) groups is 1. The maximum absolute atomic E-state index is 12.6. The van der Waals surface area contributed by atoms with Gasteiger partial charge in [-0.1, -0.05) is 0 Å². The summed E-state index contributed by atoms with van der Waals surface area (Å²) in [6, 6.07) is 0. The average molecular weight is 392 g/mol. The number of halogens is 3. The molecule has 3 N–H and O–H groups in total. The first-order valence-electron chi connectivity index (χ1n) is 8.08. The Labute approximate surface area is 154 Å². The van der Waals surface area contributed by atoms with E-state index in [0.717, 1.165) is 16.7 Å². The summed E-state index contributed by atoms with van der Waals surface area (Å²) in [5, 5.41) is 4.39. The molecule has 11 heteroatoms. The van der Waals surface area contributed by atoms with Crippen molar-refractivity contribution in [2.45, 2.75) is 32.1 Å². The molecule has 1 amide bonds. The van der Waals surface area contributed by atoms with Crippen LogP contribution in [0.1, 0.15) is 24.5 Å². The molecule has 0 saturated carbocycles. The molecule has 1 fully saturated rings. The first kappa shape index (κ1) is 20.4. The number of piperazine rings is 1. The Morgan fingerprint density at radius 2 is 1.96 bits per heavy atom. The number of hydrogen-bond donors (Lipinski definition) is 2. The van der Waals surface area contributed by atoms with E-state index in [0.29, 0.717) is 37.1 Å². The summed E-state index contributed by atoms with van der Waals surface area (Å²) in [7, 11) is 1.62. The summed E-state index contributed by atoms with van der Waals surface area (Å²) < 4.78 is 37.8. The summed E-state index contributed by atoms with van der Waals surface area (Å²) in [5.41, 5.74) is 3.85. The number of alkyl halides is 3. The lowest BCUT2D eigenvalue weighted by molar-refractivity contribution is -0.140. The van der Waals surface area contributed by atoms with Crippen molar-refractivity contribution >= 4 is 23.2 Å². The molecular weight excluding hydrogens is 369 g/mol. The Balaban J connectivity index is 1.91. The van der Waals surface area contributed by atoms with E-state index in [-0.39, 0.29) is 12.5 Å². The number of carbonyl (C=O) groups excluding carboxylic acids is 1. The molecule has 1 aliphatic heterocycles. The third kappa shape index (κ3) is 4.64. The van der Waals surface area contributed by atoms with Gasteiger partial charge in [-0.3, -0.25) is 14.7 Å². The first-order valence-corrected chi connectivity index (χ1v) is 8.96. The SMILES string of the molecule is CN=C(NCc1nc(C(F)(F)F)cs1)N1CCN(C(C)(C)C(N)=O)CC1. The molecule has 26 heavy (non-hydrogen) atoms. The lowest BCUT2D eigenvalue weighted by Gasteiger charge is -2.43. The van der Waals surface area contributed by atoms with E-state index in [1.54, 1.807) is 20.9 Å². The molecule has 0 spiro atoms. The zero-order valence-corrected chi connectivity index (χ0v) is 15.7. The number of aromatic nitrogens is 1. The Kier molecular flexibility index (Phi) is 6.12. The van der Waals surface area contributed by atoms with E-state index < -0.39 is 17.4 Å². The second-order valence-corrected chi connectivity index (χ2v) is 7.37. The fourth-order valence-electron chi connectivity index (χ4n) is 2.64. The van der Waals surface area contributed by atoms with Gasteiger partial charge in [0.25, 0.3) is 0 Å². The Morgan fingerprint density at radius 3 is 2.42 bits per heavy atom. The van der Waals surface area contributed by atoms with Crippen LogP contribution in [0.4, 0.5) is 13.2 Å². The Hall–Kier alpha value is -1.88. The van der Waals surface area contributed by atoms with Crippen molar-refractivity contribution in [3.05, 3.63) is 16.1 Å². The summed E-state index contributed by atoms with van der Waals surface area (Å²) in [5.74, 6) is 0.211. The van der Waals surface area contributed by atoms with Gasteiger partial charge in [-0.25, -0.2) is 4.98 Å². The number of hydrogen-bond acceptors (Lipinski definition) is 5. The van der Waals surface area contributed by atoms with Crippen LogP contribution >= 0.6 is 11.3 Å². The first-order chi connectivity index (χ1) is 12.1. The zero-order valence-electron chi connectivity index (χ0n) is 14.9. The van der Waals surface area contributed by atoms with Crippen molar-refractivity contribution in [2.75, 3.05) is 33.2 Å². The second kappa shape index (κ2) is 7.78. The molecule has 1 aromatic rings. The zero-order chi connectivity index (χ0) is 19.5. The predicted molar refractivity (Wildman–Crippen MR) is 93.7 cm³/mol. The lowest BCUT2D eigenvalue weighted by atomic mass is 10.0. The van der Waals surface area contributed by atoms with Gasteiger partial charge in [0.15, 0.2) is 11.7 Å².